The zero-order chi connectivity index (χ0) is 59.7. The molecule has 31 atom stereocenters. The molecule has 6 heterocycles. The van der Waals surface area contributed by atoms with Crippen molar-refractivity contribution in [2.75, 3.05) is 26.9 Å². The van der Waals surface area contributed by atoms with Crippen LogP contribution < -0.4 is 0 Å². The minimum Gasteiger partial charge on any atom is -0.461 e. The summed E-state index contributed by atoms with van der Waals surface area (Å²) in [6, 6.07) is 0. The lowest BCUT2D eigenvalue weighted by Gasteiger charge is -2.64. The van der Waals surface area contributed by atoms with E-state index in [0.29, 0.717) is 25.7 Å². The third-order valence-electron chi connectivity index (χ3n) is 20.5. The van der Waals surface area contributed by atoms with Gasteiger partial charge in [-0.15, -0.1) is 0 Å². The predicted octanol–water partition coefficient (Wildman–Crippen LogP) is -2.02. The van der Waals surface area contributed by atoms with E-state index >= 15 is 0 Å². The first-order chi connectivity index (χ1) is 38.4. The molecule has 10 aliphatic rings. The van der Waals surface area contributed by atoms with Gasteiger partial charge in [0, 0.05) is 18.4 Å². The summed E-state index contributed by atoms with van der Waals surface area (Å²) in [7, 11) is -4.01. The highest BCUT2D eigenvalue weighted by atomic mass is 32.3. The number of allylic oxidation sites excluding steroid dienone is 2. The Hall–Kier alpha value is -2.02. The second-order valence-corrected chi connectivity index (χ2v) is 26.6. The van der Waals surface area contributed by atoms with Crippen molar-refractivity contribution in [1.82, 2.24) is 0 Å². The van der Waals surface area contributed by atoms with E-state index in [9.17, 15) is 68.8 Å². The third-order valence-corrected chi connectivity index (χ3v) is 21.0. The van der Waals surface area contributed by atoms with Crippen LogP contribution in [0.3, 0.4) is 0 Å². The number of methoxy groups -OCH3 is 1. The molecule has 0 amide bonds. The van der Waals surface area contributed by atoms with E-state index < -0.39 is 187 Å². The van der Waals surface area contributed by atoms with E-state index in [4.69, 9.17) is 61.0 Å². The first-order valence-corrected chi connectivity index (χ1v) is 29.8. The SMILES string of the molecule is C=C(C)C1C2CC3(C)C4=CCC5C(C)(C)C(OC6OCC(OS(=O)(=O)O)C(O)C6OC6OC(C)C(OC7OC(CO)C(O)C(OC8OCC(O)C(OC)C8O)C7O)C(O)C6OC6OC(C)C(O)C(O)C6O)CCC5(C)C4CCC13C(=O)O2. The molecule has 6 aliphatic heterocycles. The number of fused-ring (bicyclic) bond motifs is 5. The van der Waals surface area contributed by atoms with Gasteiger partial charge < -0.3 is 108 Å². The van der Waals surface area contributed by atoms with Gasteiger partial charge in [-0.25, -0.2) is 4.18 Å². The summed E-state index contributed by atoms with van der Waals surface area (Å²) < 4.78 is 111. The summed E-state index contributed by atoms with van der Waals surface area (Å²) in [6.45, 7) is 15.9. The summed E-state index contributed by atoms with van der Waals surface area (Å²) in [5, 5.41) is 112. The first-order valence-electron chi connectivity index (χ1n) is 28.4. The Morgan fingerprint density at radius 2 is 1.32 bits per heavy atom. The van der Waals surface area contributed by atoms with Crippen molar-refractivity contribution in [3.05, 3.63) is 23.8 Å². The van der Waals surface area contributed by atoms with Gasteiger partial charge in [-0.3, -0.25) is 9.35 Å². The van der Waals surface area contributed by atoms with Crippen LogP contribution in [0.25, 0.3) is 0 Å². The van der Waals surface area contributed by atoms with Gasteiger partial charge in [0.25, 0.3) is 0 Å². The lowest BCUT2D eigenvalue weighted by Crippen LogP contribution is -2.68. The Balaban J connectivity index is 0.919. The highest BCUT2D eigenvalue weighted by molar-refractivity contribution is 7.80. The van der Waals surface area contributed by atoms with Crippen molar-refractivity contribution in [2.45, 2.75) is 241 Å². The van der Waals surface area contributed by atoms with Crippen LogP contribution >= 0.6 is 0 Å². The molecule has 31 unspecified atom stereocenters. The first kappa shape index (κ1) is 63.0. The Labute approximate surface area is 475 Å². The fraction of sp³-hybridized carbons (Fsp3) is 0.907. The zero-order valence-corrected chi connectivity index (χ0v) is 48.0. The summed E-state index contributed by atoms with van der Waals surface area (Å²) in [5.41, 5.74) is 0.247. The van der Waals surface area contributed by atoms with Crippen molar-refractivity contribution in [3.8, 4) is 0 Å². The molecule has 0 aromatic carbocycles. The number of hydrogen-bond acceptors (Lipinski definition) is 26. The Bertz CT molecular complexity index is 2470. The molecular weight excluding hydrogens is 1110 g/mol. The number of ether oxygens (including phenoxy) is 12. The van der Waals surface area contributed by atoms with Gasteiger partial charge in [0.2, 0.25) is 0 Å². The number of hydrogen-bond donors (Lipinski definition) is 11. The second kappa shape index (κ2) is 23.2. The van der Waals surface area contributed by atoms with Gasteiger partial charge in [-0.2, -0.15) is 8.42 Å². The lowest BCUT2D eigenvalue weighted by atomic mass is 9.40. The summed E-state index contributed by atoms with van der Waals surface area (Å²) in [4.78, 5) is 13.8. The van der Waals surface area contributed by atoms with Gasteiger partial charge in [0.1, 0.15) is 104 Å². The molecule has 11 N–H and O–H groups in total. The third kappa shape index (κ3) is 10.5. The average Bonchev–Trinajstić information content (AvgIpc) is 1.84. The molecule has 0 aromatic rings. The van der Waals surface area contributed by atoms with E-state index in [0.717, 1.165) is 18.4 Å². The van der Waals surface area contributed by atoms with E-state index in [-0.39, 0.29) is 41.8 Å². The van der Waals surface area contributed by atoms with Crippen LogP contribution in [-0.2, 0) is 76.2 Å². The van der Waals surface area contributed by atoms with Gasteiger partial charge in [-0.1, -0.05) is 51.5 Å². The Kier molecular flexibility index (Phi) is 17.8. The molecule has 10 rings (SSSR count). The number of carbonyl (C=O) groups excluding carboxylic acids is 1. The molecule has 82 heavy (non-hydrogen) atoms. The van der Waals surface area contributed by atoms with E-state index in [2.05, 4.69) is 40.3 Å². The van der Waals surface area contributed by atoms with Crippen molar-refractivity contribution < 1.29 is 130 Å². The smallest absolute Gasteiger partial charge is 0.397 e. The van der Waals surface area contributed by atoms with Gasteiger partial charge in [-0.05, 0) is 82.0 Å². The van der Waals surface area contributed by atoms with Crippen molar-refractivity contribution in [2.24, 2.45) is 39.4 Å². The molecule has 4 aliphatic carbocycles. The monoisotopic (exact) mass is 1200 g/mol. The van der Waals surface area contributed by atoms with E-state index in [1.165, 1.54) is 26.5 Å². The molecular formula is C54H84O27S. The highest BCUT2D eigenvalue weighted by Gasteiger charge is 2.76. The van der Waals surface area contributed by atoms with E-state index in [1.807, 2.05) is 6.92 Å². The van der Waals surface area contributed by atoms with E-state index in [1.54, 1.807) is 0 Å². The summed E-state index contributed by atoms with van der Waals surface area (Å²) in [6.07, 6.45) is -33.6. The van der Waals surface area contributed by atoms with Crippen LogP contribution in [0, 0.1) is 39.4 Å². The molecule has 2 bridgehead atoms. The fourth-order valence-corrected chi connectivity index (χ4v) is 16.8. The summed E-state index contributed by atoms with van der Waals surface area (Å²) >= 11 is 0. The lowest BCUT2D eigenvalue weighted by molar-refractivity contribution is -0.404. The van der Waals surface area contributed by atoms with Crippen molar-refractivity contribution in [3.63, 3.8) is 0 Å². The molecule has 6 saturated heterocycles. The largest absolute Gasteiger partial charge is 0.461 e. The van der Waals surface area contributed by atoms with Gasteiger partial charge in [0.05, 0.1) is 43.5 Å². The van der Waals surface area contributed by atoms with Gasteiger partial charge >= 0.3 is 16.4 Å². The minimum atomic E-state index is -5.24. The zero-order valence-electron chi connectivity index (χ0n) is 47.2. The van der Waals surface area contributed by atoms with Crippen LogP contribution in [-0.4, -0.2) is 250 Å². The number of esters is 1. The Morgan fingerprint density at radius 3 is 1.99 bits per heavy atom. The summed E-state index contributed by atoms with van der Waals surface area (Å²) in [5.74, 6) is -0.0696. The molecule has 9 fully saturated rings. The number of aliphatic hydroxyl groups excluding tert-OH is 10. The molecule has 0 radical (unpaired) electrons. The molecule has 3 saturated carbocycles. The molecule has 0 aromatic heterocycles. The maximum Gasteiger partial charge on any atom is 0.397 e. The molecule has 28 heteroatoms. The predicted molar refractivity (Wildman–Crippen MR) is 273 cm³/mol. The van der Waals surface area contributed by atoms with Crippen molar-refractivity contribution in [1.29, 1.82) is 0 Å². The highest BCUT2D eigenvalue weighted by Crippen LogP contribution is 2.76. The molecule has 468 valence electrons. The second-order valence-electron chi connectivity index (χ2n) is 25.5. The van der Waals surface area contributed by atoms with Crippen LogP contribution in [0.15, 0.2) is 23.8 Å². The maximum atomic E-state index is 13.8. The quantitative estimate of drug-likeness (QED) is 0.0479. The number of aliphatic hydroxyl groups is 10. The number of carbonyl (C=O) groups is 1. The molecule has 1 spiro atoms. The fourth-order valence-electron chi connectivity index (χ4n) is 16.3. The maximum absolute atomic E-state index is 13.8. The average molecular weight is 1200 g/mol. The normalized spacial score (nSPS) is 52.9. The van der Waals surface area contributed by atoms with Crippen molar-refractivity contribution >= 4 is 16.4 Å². The van der Waals surface area contributed by atoms with Gasteiger partial charge in [0.15, 0.2) is 31.5 Å². The number of rotatable bonds is 15. The molecule has 27 nitrogen and oxygen atoms in total. The topological polar surface area (TPSA) is 394 Å². The minimum absolute atomic E-state index is 0.00958. The van der Waals surface area contributed by atoms with Crippen LogP contribution in [0.2, 0.25) is 0 Å². The van der Waals surface area contributed by atoms with Crippen LogP contribution in [0.4, 0.5) is 0 Å². The van der Waals surface area contributed by atoms with Crippen LogP contribution in [0.1, 0.15) is 87.0 Å². The van der Waals surface area contributed by atoms with Crippen LogP contribution in [0.5, 0.6) is 0 Å². The Morgan fingerprint density at radius 1 is 0.695 bits per heavy atom. The standard InChI is InChI=1S/C54H84O27S/c1-20(2)31-26-16-53(8)24-10-11-29-51(5,6)30(13-14-52(29,7)23(24)12-15-54(31,53)50(65)75-26)76-48-43(34(59)28(19-71-48)81-82(66,67)68)80-49-44(79-46-36(61)35(60)32(57)21(3)72-46)37(62)40(22(4)73-49)77-47-39(64)42(33(58)27(17-55)74-47)78-45-38(63)41(69-9)25(56)18-70-45/h10,21-23,25-49,55-64H,1,11-19H2,2-9H3,(H,66,67,68).